The van der Waals surface area contributed by atoms with Gasteiger partial charge >= 0.3 is 0 Å². The highest BCUT2D eigenvalue weighted by Gasteiger charge is 2.21. The Morgan fingerprint density at radius 1 is 1.29 bits per heavy atom. The van der Waals surface area contributed by atoms with Gasteiger partial charge in [-0.1, -0.05) is 12.1 Å². The Balaban J connectivity index is 3.17. The number of aryl methyl sites for hydroxylation is 1. The van der Waals surface area contributed by atoms with Crippen LogP contribution < -0.4 is 4.90 Å². The Hall–Kier alpha value is -1.66. The summed E-state index contributed by atoms with van der Waals surface area (Å²) in [5, 5.41) is 28.9. The molecule has 0 bridgehead atoms. The highest BCUT2D eigenvalue weighted by atomic mass is 16.6. The molecule has 0 spiro atoms. The van der Waals surface area contributed by atoms with Gasteiger partial charge in [0, 0.05) is 18.7 Å². The van der Waals surface area contributed by atoms with Gasteiger partial charge in [-0.05, 0) is 13.0 Å². The second-order valence-corrected chi connectivity index (χ2v) is 3.63. The second-order valence-electron chi connectivity index (χ2n) is 3.63. The lowest BCUT2D eigenvalue weighted by Crippen LogP contribution is -2.30. The molecule has 1 rings (SSSR count). The molecule has 0 unspecified atom stereocenters. The summed E-state index contributed by atoms with van der Waals surface area (Å²) in [6.45, 7) is 1.93. The molecule has 0 amide bonds. The monoisotopic (exact) mass is 240 g/mol. The van der Waals surface area contributed by atoms with Crippen molar-refractivity contribution in [3.8, 4) is 0 Å². The molecule has 2 N–H and O–H groups in total. The first kappa shape index (κ1) is 13.4. The van der Waals surface area contributed by atoms with Crippen LogP contribution in [0.4, 0.5) is 11.4 Å². The Morgan fingerprint density at radius 3 is 2.35 bits per heavy atom. The van der Waals surface area contributed by atoms with E-state index in [1.165, 1.54) is 0 Å². The van der Waals surface area contributed by atoms with Crippen LogP contribution >= 0.6 is 0 Å². The van der Waals surface area contributed by atoms with E-state index in [4.69, 9.17) is 10.2 Å². The van der Waals surface area contributed by atoms with Crippen LogP contribution in [0.25, 0.3) is 0 Å². The number of aliphatic hydroxyl groups is 2. The Morgan fingerprint density at radius 2 is 1.88 bits per heavy atom. The third kappa shape index (κ3) is 3.15. The fourth-order valence-electron chi connectivity index (χ4n) is 1.73. The number of rotatable bonds is 6. The maximum absolute atomic E-state index is 11.0. The van der Waals surface area contributed by atoms with Crippen molar-refractivity contribution < 1.29 is 15.1 Å². The van der Waals surface area contributed by atoms with Crippen LogP contribution in [0.2, 0.25) is 0 Å². The third-order valence-electron chi connectivity index (χ3n) is 2.48. The van der Waals surface area contributed by atoms with Crippen LogP contribution in [0.5, 0.6) is 0 Å². The van der Waals surface area contributed by atoms with E-state index in [1.807, 2.05) is 0 Å². The van der Waals surface area contributed by atoms with E-state index < -0.39 is 4.92 Å². The predicted octanol–water partition coefficient (Wildman–Crippen LogP) is 0.694. The molecule has 17 heavy (non-hydrogen) atoms. The minimum absolute atomic E-state index is 0.0226. The van der Waals surface area contributed by atoms with Gasteiger partial charge < -0.3 is 15.1 Å². The number of hydrogen-bond acceptors (Lipinski definition) is 5. The normalized spacial score (nSPS) is 10.3. The van der Waals surface area contributed by atoms with Crippen molar-refractivity contribution in [2.24, 2.45) is 0 Å². The van der Waals surface area contributed by atoms with E-state index in [-0.39, 0.29) is 32.0 Å². The van der Waals surface area contributed by atoms with Crippen molar-refractivity contribution in [1.29, 1.82) is 0 Å². The summed E-state index contributed by atoms with van der Waals surface area (Å²) in [5.74, 6) is 0. The van der Waals surface area contributed by atoms with E-state index in [1.54, 1.807) is 30.0 Å². The summed E-state index contributed by atoms with van der Waals surface area (Å²) in [6, 6.07) is 5.01. The van der Waals surface area contributed by atoms with Crippen molar-refractivity contribution >= 4 is 11.4 Å². The Bertz CT molecular complexity index is 389. The molecular weight excluding hydrogens is 224 g/mol. The van der Waals surface area contributed by atoms with Gasteiger partial charge in [0.15, 0.2) is 0 Å². The molecule has 0 aromatic heterocycles. The molecule has 0 aliphatic rings. The van der Waals surface area contributed by atoms with Crippen LogP contribution in [0.15, 0.2) is 18.2 Å². The lowest BCUT2D eigenvalue weighted by atomic mass is 10.1. The van der Waals surface area contributed by atoms with Gasteiger partial charge in [-0.25, -0.2) is 0 Å². The molecule has 6 heteroatoms. The van der Waals surface area contributed by atoms with Gasteiger partial charge in [-0.2, -0.15) is 0 Å². The number of hydrogen-bond donors (Lipinski definition) is 2. The Kier molecular flexibility index (Phi) is 4.86. The number of nitrogens with zero attached hydrogens (tertiary/aromatic N) is 2. The quantitative estimate of drug-likeness (QED) is 0.564. The molecular formula is C11H16N2O4. The fourth-order valence-corrected chi connectivity index (χ4v) is 1.73. The molecule has 0 fully saturated rings. The molecule has 6 nitrogen and oxygen atoms in total. The van der Waals surface area contributed by atoms with Crippen molar-refractivity contribution in [1.82, 2.24) is 0 Å². The summed E-state index contributed by atoms with van der Waals surface area (Å²) >= 11 is 0. The zero-order chi connectivity index (χ0) is 12.8. The van der Waals surface area contributed by atoms with Crippen molar-refractivity contribution in [3.63, 3.8) is 0 Å². The fraction of sp³-hybridized carbons (Fsp3) is 0.455. The molecule has 1 aromatic carbocycles. The molecule has 0 atom stereocenters. The van der Waals surface area contributed by atoms with Crippen LogP contribution in [-0.2, 0) is 0 Å². The zero-order valence-corrected chi connectivity index (χ0v) is 9.67. The molecule has 0 aliphatic heterocycles. The van der Waals surface area contributed by atoms with Crippen molar-refractivity contribution in [2.75, 3.05) is 31.2 Å². The van der Waals surface area contributed by atoms with Gasteiger partial charge in [-0.3, -0.25) is 10.1 Å². The second kappa shape index (κ2) is 6.17. The maximum atomic E-state index is 11.0. The van der Waals surface area contributed by atoms with E-state index in [2.05, 4.69) is 0 Å². The summed E-state index contributed by atoms with van der Waals surface area (Å²) in [5.41, 5.74) is 1.01. The molecule has 0 saturated carbocycles. The van der Waals surface area contributed by atoms with Crippen LogP contribution in [0.1, 0.15) is 5.56 Å². The average molecular weight is 240 g/mol. The van der Waals surface area contributed by atoms with E-state index in [0.717, 1.165) is 0 Å². The zero-order valence-electron chi connectivity index (χ0n) is 9.67. The van der Waals surface area contributed by atoms with Gasteiger partial charge in [-0.15, -0.1) is 0 Å². The lowest BCUT2D eigenvalue weighted by molar-refractivity contribution is -0.384. The van der Waals surface area contributed by atoms with Gasteiger partial charge in [0.05, 0.1) is 18.1 Å². The third-order valence-corrected chi connectivity index (χ3v) is 2.48. The number of benzene rings is 1. The smallest absolute Gasteiger partial charge is 0.295 e. The summed E-state index contributed by atoms with van der Waals surface area (Å²) in [7, 11) is 0. The van der Waals surface area contributed by atoms with E-state index in [9.17, 15) is 10.1 Å². The standard InChI is InChI=1S/C11H16N2O4/c1-9-3-2-4-10(11(9)13(16)17)12(5-7-14)6-8-15/h2-4,14-15H,5-8H2,1H3. The average Bonchev–Trinajstić information content (AvgIpc) is 2.28. The minimum atomic E-state index is -0.438. The predicted molar refractivity (Wildman–Crippen MR) is 64.2 cm³/mol. The highest BCUT2D eigenvalue weighted by Crippen LogP contribution is 2.30. The first-order valence-corrected chi connectivity index (χ1v) is 5.32. The first-order chi connectivity index (χ1) is 8.11. The van der Waals surface area contributed by atoms with E-state index in [0.29, 0.717) is 11.3 Å². The maximum Gasteiger partial charge on any atom is 0.295 e. The van der Waals surface area contributed by atoms with Crippen molar-refractivity contribution in [3.05, 3.63) is 33.9 Å². The SMILES string of the molecule is Cc1cccc(N(CCO)CCO)c1[N+](=O)[O-]. The number of nitro benzene ring substituents is 1. The molecule has 1 aromatic rings. The number of nitro groups is 1. The molecule has 0 heterocycles. The largest absolute Gasteiger partial charge is 0.395 e. The van der Waals surface area contributed by atoms with Crippen LogP contribution in [0, 0.1) is 17.0 Å². The van der Waals surface area contributed by atoms with Crippen LogP contribution in [0.3, 0.4) is 0 Å². The summed E-state index contributed by atoms with van der Waals surface area (Å²) < 4.78 is 0. The summed E-state index contributed by atoms with van der Waals surface area (Å²) in [6.07, 6.45) is 0. The first-order valence-electron chi connectivity index (χ1n) is 5.32. The number of para-hydroxylation sites is 1. The molecule has 0 aliphatic carbocycles. The van der Waals surface area contributed by atoms with Gasteiger partial charge in [0.25, 0.3) is 5.69 Å². The number of anilines is 1. The van der Waals surface area contributed by atoms with Gasteiger partial charge in [0.2, 0.25) is 0 Å². The summed E-state index contributed by atoms with van der Waals surface area (Å²) in [4.78, 5) is 12.2. The molecule has 0 saturated heterocycles. The van der Waals surface area contributed by atoms with Gasteiger partial charge in [0.1, 0.15) is 5.69 Å². The van der Waals surface area contributed by atoms with Crippen LogP contribution in [-0.4, -0.2) is 41.4 Å². The number of aliphatic hydroxyl groups excluding tert-OH is 2. The minimum Gasteiger partial charge on any atom is -0.395 e. The topological polar surface area (TPSA) is 86.8 Å². The van der Waals surface area contributed by atoms with E-state index >= 15 is 0 Å². The molecule has 94 valence electrons. The lowest BCUT2D eigenvalue weighted by Gasteiger charge is -2.23. The molecule has 0 radical (unpaired) electrons. The Labute approximate surface area is 99.3 Å². The highest BCUT2D eigenvalue weighted by molar-refractivity contribution is 5.66. The van der Waals surface area contributed by atoms with Crippen molar-refractivity contribution in [2.45, 2.75) is 6.92 Å².